The van der Waals surface area contributed by atoms with Crippen LogP contribution in [0.4, 0.5) is 0 Å². The molecule has 1 N–H and O–H groups in total. The van der Waals surface area contributed by atoms with Crippen LogP contribution in [0.15, 0.2) is 18.2 Å². The lowest BCUT2D eigenvalue weighted by Crippen LogP contribution is -2.26. The first-order chi connectivity index (χ1) is 8.54. The van der Waals surface area contributed by atoms with Crippen LogP contribution < -0.4 is 4.74 Å². The van der Waals surface area contributed by atoms with Gasteiger partial charge < -0.3 is 14.6 Å². The number of carboxylic acids is 1. The SMILES string of the molecule is CCOC(CCOc1ccc(Cl)cc1C)C(=O)O. The van der Waals surface area contributed by atoms with Crippen molar-refractivity contribution >= 4 is 17.6 Å². The predicted octanol–water partition coefficient (Wildman–Crippen LogP) is 2.91. The van der Waals surface area contributed by atoms with E-state index in [4.69, 9.17) is 26.2 Å². The molecule has 0 saturated carbocycles. The monoisotopic (exact) mass is 272 g/mol. The molecule has 0 aliphatic carbocycles. The van der Waals surface area contributed by atoms with Gasteiger partial charge >= 0.3 is 5.97 Å². The Kier molecular flexibility index (Phi) is 5.95. The minimum absolute atomic E-state index is 0.291. The summed E-state index contributed by atoms with van der Waals surface area (Å²) in [4.78, 5) is 10.8. The summed E-state index contributed by atoms with van der Waals surface area (Å²) < 4.78 is 10.6. The average Bonchev–Trinajstić information content (AvgIpc) is 2.30. The molecule has 0 heterocycles. The Labute approximate surface area is 111 Å². The number of benzene rings is 1. The van der Waals surface area contributed by atoms with E-state index in [1.165, 1.54) is 0 Å². The summed E-state index contributed by atoms with van der Waals surface area (Å²) in [6.07, 6.45) is -0.506. The summed E-state index contributed by atoms with van der Waals surface area (Å²) >= 11 is 5.83. The van der Waals surface area contributed by atoms with Crippen LogP contribution in [0.1, 0.15) is 18.9 Å². The second-order valence-corrected chi connectivity index (χ2v) is 4.27. The fourth-order valence-corrected chi connectivity index (χ4v) is 1.76. The van der Waals surface area contributed by atoms with Crippen molar-refractivity contribution in [2.75, 3.05) is 13.2 Å². The van der Waals surface area contributed by atoms with Crippen LogP contribution >= 0.6 is 11.6 Å². The van der Waals surface area contributed by atoms with Crippen molar-refractivity contribution in [1.82, 2.24) is 0 Å². The highest BCUT2D eigenvalue weighted by molar-refractivity contribution is 6.30. The van der Waals surface area contributed by atoms with Crippen LogP contribution in [0.25, 0.3) is 0 Å². The molecule has 1 aromatic rings. The third-order valence-electron chi connectivity index (χ3n) is 2.42. The quantitative estimate of drug-likeness (QED) is 0.829. The van der Waals surface area contributed by atoms with Crippen molar-refractivity contribution in [3.8, 4) is 5.75 Å². The second kappa shape index (κ2) is 7.24. The highest BCUT2D eigenvalue weighted by Gasteiger charge is 2.17. The van der Waals surface area contributed by atoms with Gasteiger partial charge in [0.05, 0.1) is 6.61 Å². The molecule has 0 aromatic heterocycles. The molecule has 0 radical (unpaired) electrons. The number of carboxylic acid groups (broad SMARTS) is 1. The molecule has 0 aliphatic rings. The molecular weight excluding hydrogens is 256 g/mol. The smallest absolute Gasteiger partial charge is 0.332 e. The van der Waals surface area contributed by atoms with E-state index in [2.05, 4.69) is 0 Å². The number of hydrogen-bond acceptors (Lipinski definition) is 3. The van der Waals surface area contributed by atoms with Crippen molar-refractivity contribution in [2.24, 2.45) is 0 Å². The Balaban J connectivity index is 2.47. The first kappa shape index (κ1) is 14.8. The van der Waals surface area contributed by atoms with Gasteiger partial charge in [-0.05, 0) is 37.6 Å². The molecule has 1 aromatic carbocycles. The first-order valence-corrected chi connectivity index (χ1v) is 6.15. The summed E-state index contributed by atoms with van der Waals surface area (Å²) in [6, 6.07) is 5.31. The van der Waals surface area contributed by atoms with Gasteiger partial charge in [-0.15, -0.1) is 0 Å². The lowest BCUT2D eigenvalue weighted by Gasteiger charge is -2.14. The molecule has 1 rings (SSSR count). The molecule has 1 unspecified atom stereocenters. The number of hydrogen-bond donors (Lipinski definition) is 1. The number of aryl methyl sites for hydroxylation is 1. The maximum atomic E-state index is 10.8. The molecule has 18 heavy (non-hydrogen) atoms. The van der Waals surface area contributed by atoms with Gasteiger partial charge in [0.2, 0.25) is 0 Å². The molecule has 0 bridgehead atoms. The standard InChI is InChI=1S/C13H17ClO4/c1-3-17-12(13(15)16)6-7-18-11-5-4-10(14)8-9(11)2/h4-5,8,12H,3,6-7H2,1-2H3,(H,15,16). The van der Waals surface area contributed by atoms with Crippen LogP contribution in [0, 0.1) is 6.92 Å². The summed E-state index contributed by atoms with van der Waals surface area (Å²) in [7, 11) is 0. The van der Waals surface area contributed by atoms with Gasteiger partial charge in [0.1, 0.15) is 5.75 Å². The van der Waals surface area contributed by atoms with Crippen molar-refractivity contribution in [3.63, 3.8) is 0 Å². The Bertz CT molecular complexity index is 406. The first-order valence-electron chi connectivity index (χ1n) is 5.78. The summed E-state index contributed by atoms with van der Waals surface area (Å²) in [5.41, 5.74) is 0.922. The Hall–Kier alpha value is -1.26. The summed E-state index contributed by atoms with van der Waals surface area (Å²) in [5.74, 6) is -0.256. The molecule has 0 fully saturated rings. The van der Waals surface area contributed by atoms with E-state index in [1.807, 2.05) is 6.92 Å². The zero-order chi connectivity index (χ0) is 13.5. The van der Waals surface area contributed by atoms with Crippen molar-refractivity contribution < 1.29 is 19.4 Å². The van der Waals surface area contributed by atoms with Crippen LogP contribution in [0.5, 0.6) is 5.75 Å². The third-order valence-corrected chi connectivity index (χ3v) is 2.65. The van der Waals surface area contributed by atoms with Crippen LogP contribution in [-0.2, 0) is 9.53 Å². The van der Waals surface area contributed by atoms with Gasteiger partial charge in [-0.2, -0.15) is 0 Å². The summed E-state index contributed by atoms with van der Waals surface area (Å²) in [5, 5.41) is 9.55. The van der Waals surface area contributed by atoms with Crippen molar-refractivity contribution in [3.05, 3.63) is 28.8 Å². The van der Waals surface area contributed by atoms with Gasteiger partial charge in [-0.25, -0.2) is 4.79 Å². The Morgan fingerprint density at radius 1 is 1.50 bits per heavy atom. The highest BCUT2D eigenvalue weighted by atomic mass is 35.5. The molecule has 0 spiro atoms. The van der Waals surface area contributed by atoms with Gasteiger partial charge in [-0.3, -0.25) is 0 Å². The van der Waals surface area contributed by atoms with E-state index in [0.29, 0.717) is 30.4 Å². The zero-order valence-electron chi connectivity index (χ0n) is 10.5. The van der Waals surface area contributed by atoms with E-state index in [-0.39, 0.29) is 0 Å². The second-order valence-electron chi connectivity index (χ2n) is 3.83. The van der Waals surface area contributed by atoms with Gasteiger partial charge in [-0.1, -0.05) is 11.6 Å². The third kappa shape index (κ3) is 4.55. The van der Waals surface area contributed by atoms with Crippen LogP contribution in [-0.4, -0.2) is 30.4 Å². The molecule has 0 aliphatic heterocycles. The van der Waals surface area contributed by atoms with E-state index in [0.717, 1.165) is 5.56 Å². The minimum Gasteiger partial charge on any atom is -0.493 e. The van der Waals surface area contributed by atoms with E-state index >= 15 is 0 Å². The lowest BCUT2D eigenvalue weighted by atomic mass is 10.2. The normalized spacial score (nSPS) is 12.2. The van der Waals surface area contributed by atoms with Crippen LogP contribution in [0.2, 0.25) is 5.02 Å². The topological polar surface area (TPSA) is 55.8 Å². The van der Waals surface area contributed by atoms with Crippen molar-refractivity contribution in [2.45, 2.75) is 26.4 Å². The van der Waals surface area contributed by atoms with Crippen LogP contribution in [0.3, 0.4) is 0 Å². The number of aliphatic carboxylic acids is 1. The molecule has 1 atom stereocenters. The fraction of sp³-hybridized carbons (Fsp3) is 0.462. The molecule has 100 valence electrons. The molecule has 0 saturated heterocycles. The maximum absolute atomic E-state index is 10.8. The predicted molar refractivity (Wildman–Crippen MR) is 69.4 cm³/mol. The fourth-order valence-electron chi connectivity index (χ4n) is 1.53. The number of halogens is 1. The maximum Gasteiger partial charge on any atom is 0.332 e. The van der Waals surface area contributed by atoms with E-state index in [9.17, 15) is 4.79 Å². The Morgan fingerprint density at radius 3 is 2.78 bits per heavy atom. The van der Waals surface area contributed by atoms with Gasteiger partial charge in [0.25, 0.3) is 0 Å². The molecule has 0 amide bonds. The number of ether oxygens (including phenoxy) is 2. The van der Waals surface area contributed by atoms with Crippen molar-refractivity contribution in [1.29, 1.82) is 0 Å². The molecule has 4 nitrogen and oxygen atoms in total. The van der Waals surface area contributed by atoms with E-state index in [1.54, 1.807) is 25.1 Å². The zero-order valence-corrected chi connectivity index (χ0v) is 11.2. The number of rotatable bonds is 7. The minimum atomic E-state index is -0.965. The lowest BCUT2D eigenvalue weighted by molar-refractivity contribution is -0.150. The Morgan fingerprint density at radius 2 is 2.22 bits per heavy atom. The van der Waals surface area contributed by atoms with Gasteiger partial charge in [0, 0.05) is 18.1 Å². The largest absolute Gasteiger partial charge is 0.493 e. The molecular formula is C13H17ClO4. The summed E-state index contributed by atoms with van der Waals surface area (Å²) in [6.45, 7) is 4.31. The van der Waals surface area contributed by atoms with Gasteiger partial charge in [0.15, 0.2) is 6.10 Å². The number of carbonyl (C=O) groups is 1. The van der Waals surface area contributed by atoms with E-state index < -0.39 is 12.1 Å². The average molecular weight is 273 g/mol. The highest BCUT2D eigenvalue weighted by Crippen LogP contribution is 2.22. The molecule has 5 heteroatoms.